The Kier molecular flexibility index (Phi) is 7.53. The predicted molar refractivity (Wildman–Crippen MR) is 106 cm³/mol. The highest BCUT2D eigenvalue weighted by molar-refractivity contribution is 5.93. The van der Waals surface area contributed by atoms with Gasteiger partial charge in [0.25, 0.3) is 5.91 Å². The van der Waals surface area contributed by atoms with E-state index in [1.807, 2.05) is 14.1 Å². The number of rotatable bonds is 9. The number of para-hydroxylation sites is 1. The Morgan fingerprint density at radius 1 is 1.08 bits per heavy atom. The van der Waals surface area contributed by atoms with Crippen LogP contribution in [-0.2, 0) is 12.8 Å². The maximum Gasteiger partial charge on any atom is 0.254 e. The number of aryl methyl sites for hydroxylation is 2. The largest absolute Gasteiger partial charge is 0.352 e. The number of nitrogens with one attached hydrogen (secondary N) is 2. The molecule has 0 spiro atoms. The molecular formula is C20H29N5O. The van der Waals surface area contributed by atoms with E-state index in [1.54, 1.807) is 12.4 Å². The first-order valence-corrected chi connectivity index (χ1v) is 9.17. The van der Waals surface area contributed by atoms with Crippen LogP contribution in [0.4, 0.5) is 11.6 Å². The average molecular weight is 355 g/mol. The van der Waals surface area contributed by atoms with Gasteiger partial charge in [-0.3, -0.25) is 4.79 Å². The van der Waals surface area contributed by atoms with Crippen molar-refractivity contribution < 1.29 is 4.79 Å². The number of benzene rings is 1. The first-order valence-electron chi connectivity index (χ1n) is 9.17. The molecule has 2 N–H and O–H groups in total. The number of aromatic nitrogens is 2. The molecule has 0 unspecified atom stereocenters. The second-order valence-electron chi connectivity index (χ2n) is 6.49. The van der Waals surface area contributed by atoms with Gasteiger partial charge in [0.15, 0.2) is 0 Å². The molecule has 1 aromatic carbocycles. The molecule has 0 aliphatic heterocycles. The summed E-state index contributed by atoms with van der Waals surface area (Å²) in [7, 11) is 4.03. The number of carbonyl (C=O) groups excluding carboxylic acids is 1. The Balaban J connectivity index is 2.01. The number of hydrogen-bond acceptors (Lipinski definition) is 5. The van der Waals surface area contributed by atoms with Crippen LogP contribution < -0.4 is 10.6 Å². The third kappa shape index (κ3) is 5.52. The molecule has 0 radical (unpaired) electrons. The van der Waals surface area contributed by atoms with Crippen molar-refractivity contribution in [1.29, 1.82) is 0 Å². The van der Waals surface area contributed by atoms with Crippen LogP contribution in [0.1, 0.15) is 41.8 Å². The Bertz CT molecular complexity index is 690. The molecule has 2 rings (SSSR count). The minimum atomic E-state index is -0.140. The molecular weight excluding hydrogens is 326 g/mol. The fourth-order valence-corrected chi connectivity index (χ4v) is 2.72. The molecule has 0 aliphatic rings. The van der Waals surface area contributed by atoms with Crippen LogP contribution in [-0.4, -0.2) is 48.0 Å². The summed E-state index contributed by atoms with van der Waals surface area (Å²) in [6, 6.07) is 6.29. The lowest BCUT2D eigenvalue weighted by atomic mass is 10.0. The minimum absolute atomic E-state index is 0.140. The van der Waals surface area contributed by atoms with E-state index in [4.69, 9.17) is 0 Å². The number of anilines is 2. The molecule has 0 bridgehead atoms. The zero-order valence-corrected chi connectivity index (χ0v) is 16.2. The van der Waals surface area contributed by atoms with E-state index < -0.39 is 0 Å². The van der Waals surface area contributed by atoms with Crippen molar-refractivity contribution in [3.8, 4) is 0 Å². The zero-order chi connectivity index (χ0) is 18.9. The van der Waals surface area contributed by atoms with E-state index in [0.717, 1.165) is 31.5 Å². The van der Waals surface area contributed by atoms with Crippen molar-refractivity contribution in [1.82, 2.24) is 20.2 Å². The fraction of sp³-hybridized carbons (Fsp3) is 0.450. The predicted octanol–water partition coefficient (Wildman–Crippen LogP) is 3.03. The van der Waals surface area contributed by atoms with E-state index in [2.05, 4.69) is 57.5 Å². The van der Waals surface area contributed by atoms with Crippen LogP contribution in [0.25, 0.3) is 0 Å². The first-order chi connectivity index (χ1) is 12.5. The smallest absolute Gasteiger partial charge is 0.254 e. The SMILES string of the molecule is CCc1cccc(CC)c1Nc1ncc(C(=O)NCCCN(C)C)cn1. The molecule has 140 valence electrons. The van der Waals surface area contributed by atoms with Gasteiger partial charge < -0.3 is 15.5 Å². The second kappa shape index (κ2) is 9.87. The number of hydrogen-bond donors (Lipinski definition) is 2. The van der Waals surface area contributed by atoms with Gasteiger partial charge in [0.1, 0.15) is 0 Å². The number of nitrogens with zero attached hydrogens (tertiary/aromatic N) is 3. The lowest BCUT2D eigenvalue weighted by molar-refractivity contribution is 0.0951. The van der Waals surface area contributed by atoms with Gasteiger partial charge in [-0.15, -0.1) is 0 Å². The van der Waals surface area contributed by atoms with Gasteiger partial charge in [-0.25, -0.2) is 9.97 Å². The van der Waals surface area contributed by atoms with Crippen LogP contribution in [0.5, 0.6) is 0 Å². The first kappa shape index (κ1) is 19.8. The lowest BCUT2D eigenvalue weighted by Crippen LogP contribution is -2.27. The maximum atomic E-state index is 12.1. The molecule has 0 aliphatic carbocycles. The van der Waals surface area contributed by atoms with Crippen molar-refractivity contribution in [3.05, 3.63) is 47.3 Å². The Morgan fingerprint density at radius 2 is 1.69 bits per heavy atom. The molecule has 0 saturated heterocycles. The highest BCUT2D eigenvalue weighted by atomic mass is 16.1. The maximum absolute atomic E-state index is 12.1. The quantitative estimate of drug-likeness (QED) is 0.677. The molecule has 0 saturated carbocycles. The van der Waals surface area contributed by atoms with Gasteiger partial charge in [0, 0.05) is 24.6 Å². The molecule has 26 heavy (non-hydrogen) atoms. The van der Waals surface area contributed by atoms with Gasteiger partial charge in [-0.1, -0.05) is 32.0 Å². The van der Waals surface area contributed by atoms with E-state index in [0.29, 0.717) is 18.1 Å². The summed E-state index contributed by atoms with van der Waals surface area (Å²) in [5.41, 5.74) is 4.00. The highest BCUT2D eigenvalue weighted by Gasteiger charge is 2.10. The number of carbonyl (C=O) groups is 1. The van der Waals surface area contributed by atoms with Gasteiger partial charge in [-0.2, -0.15) is 0 Å². The summed E-state index contributed by atoms with van der Waals surface area (Å²) in [4.78, 5) is 22.8. The molecule has 0 atom stereocenters. The standard InChI is InChI=1S/C20H29N5O/c1-5-15-9-7-10-16(6-2)18(15)24-20-22-13-17(14-23-20)19(26)21-11-8-12-25(3)4/h7,9-10,13-14H,5-6,8,11-12H2,1-4H3,(H,21,26)(H,22,23,24). The zero-order valence-electron chi connectivity index (χ0n) is 16.2. The molecule has 0 fully saturated rings. The van der Waals surface area contributed by atoms with Crippen molar-refractivity contribution in [2.75, 3.05) is 32.5 Å². The Labute approximate surface area is 156 Å². The molecule has 1 amide bonds. The van der Waals surface area contributed by atoms with Crippen LogP contribution >= 0.6 is 0 Å². The third-order valence-electron chi connectivity index (χ3n) is 4.22. The van der Waals surface area contributed by atoms with Crippen LogP contribution in [0.15, 0.2) is 30.6 Å². The second-order valence-corrected chi connectivity index (χ2v) is 6.49. The summed E-state index contributed by atoms with van der Waals surface area (Å²) < 4.78 is 0. The third-order valence-corrected chi connectivity index (χ3v) is 4.22. The van der Waals surface area contributed by atoms with Crippen LogP contribution in [0.2, 0.25) is 0 Å². The van der Waals surface area contributed by atoms with Gasteiger partial charge in [0.05, 0.1) is 5.56 Å². The van der Waals surface area contributed by atoms with E-state index in [9.17, 15) is 4.79 Å². The monoisotopic (exact) mass is 355 g/mol. The number of amides is 1. The summed E-state index contributed by atoms with van der Waals surface area (Å²) in [5.74, 6) is 0.364. The van der Waals surface area contributed by atoms with Crippen LogP contribution in [0.3, 0.4) is 0 Å². The van der Waals surface area contributed by atoms with Crippen molar-refractivity contribution in [2.24, 2.45) is 0 Å². The molecule has 1 aromatic heterocycles. The Hall–Kier alpha value is -2.47. The van der Waals surface area contributed by atoms with Crippen molar-refractivity contribution in [2.45, 2.75) is 33.1 Å². The van der Waals surface area contributed by atoms with Gasteiger partial charge in [0.2, 0.25) is 5.95 Å². The Morgan fingerprint density at radius 3 is 2.23 bits per heavy atom. The summed E-state index contributed by atoms with van der Waals surface area (Å²) >= 11 is 0. The summed E-state index contributed by atoms with van der Waals surface area (Å²) in [6.07, 6.45) is 5.91. The molecule has 6 heteroatoms. The minimum Gasteiger partial charge on any atom is -0.352 e. The fourth-order valence-electron chi connectivity index (χ4n) is 2.72. The molecule has 2 aromatic rings. The van der Waals surface area contributed by atoms with E-state index in [1.165, 1.54) is 11.1 Å². The highest BCUT2D eigenvalue weighted by Crippen LogP contribution is 2.24. The topological polar surface area (TPSA) is 70.2 Å². The molecule has 6 nitrogen and oxygen atoms in total. The molecule has 1 heterocycles. The van der Waals surface area contributed by atoms with Crippen molar-refractivity contribution >= 4 is 17.5 Å². The normalized spacial score (nSPS) is 10.8. The van der Waals surface area contributed by atoms with Crippen molar-refractivity contribution in [3.63, 3.8) is 0 Å². The van der Waals surface area contributed by atoms with Gasteiger partial charge in [-0.05, 0) is 51.0 Å². The lowest BCUT2D eigenvalue weighted by Gasteiger charge is -2.14. The van der Waals surface area contributed by atoms with Crippen LogP contribution in [0, 0.1) is 0 Å². The summed E-state index contributed by atoms with van der Waals surface area (Å²) in [5, 5.41) is 6.21. The van der Waals surface area contributed by atoms with E-state index >= 15 is 0 Å². The van der Waals surface area contributed by atoms with E-state index in [-0.39, 0.29) is 5.91 Å². The van der Waals surface area contributed by atoms with Gasteiger partial charge >= 0.3 is 0 Å². The average Bonchev–Trinajstić information content (AvgIpc) is 2.65. The summed E-state index contributed by atoms with van der Waals surface area (Å²) in [6.45, 7) is 5.84.